The molecule has 0 saturated carbocycles. The predicted octanol–water partition coefficient (Wildman–Crippen LogP) is 1.32. The van der Waals surface area contributed by atoms with Crippen LogP contribution in [-0.2, 0) is 6.54 Å². The Balaban J connectivity index is 1.97. The van der Waals surface area contributed by atoms with Crippen LogP contribution in [0, 0.1) is 23.5 Å². The third-order valence-electron chi connectivity index (χ3n) is 4.65. The quantitative estimate of drug-likeness (QED) is 0.756. The minimum absolute atomic E-state index is 0.101. The van der Waals surface area contributed by atoms with Crippen LogP contribution in [0.1, 0.15) is 12.5 Å². The van der Waals surface area contributed by atoms with Crippen molar-refractivity contribution < 1.29 is 19.0 Å². The molecule has 0 unspecified atom stereocenters. The Morgan fingerprint density at radius 3 is 2.57 bits per heavy atom. The second kappa shape index (κ2) is 8.68. The normalized spacial score (nSPS) is 22.2. The Morgan fingerprint density at radius 1 is 1.22 bits per heavy atom. The lowest BCUT2D eigenvalue weighted by Crippen LogP contribution is -2.35. The Morgan fingerprint density at radius 2 is 1.96 bits per heavy atom. The Hall–Kier alpha value is -1.08. The van der Waals surface area contributed by atoms with Gasteiger partial charge in [-0.2, -0.15) is 0 Å². The summed E-state index contributed by atoms with van der Waals surface area (Å²) < 4.78 is 26.8. The van der Waals surface area contributed by atoms with Crippen molar-refractivity contribution in [1.82, 2.24) is 9.80 Å². The first-order valence-corrected chi connectivity index (χ1v) is 8.17. The molecule has 0 aromatic heterocycles. The molecule has 1 aromatic carbocycles. The molecule has 1 saturated heterocycles. The zero-order chi connectivity index (χ0) is 16.8. The van der Waals surface area contributed by atoms with Gasteiger partial charge in [0.05, 0.1) is 6.61 Å². The molecule has 4 nitrogen and oxygen atoms in total. The maximum atomic E-state index is 13.8. The van der Waals surface area contributed by atoms with Gasteiger partial charge in [0.2, 0.25) is 0 Å². The number of likely N-dealkylation sites (N-methyl/N-ethyl adjacent to an activating group) is 1. The molecule has 0 bridgehead atoms. The van der Waals surface area contributed by atoms with E-state index in [0.717, 1.165) is 25.7 Å². The second-order valence-electron chi connectivity index (χ2n) is 6.25. The number of benzene rings is 1. The fourth-order valence-corrected chi connectivity index (χ4v) is 3.32. The van der Waals surface area contributed by atoms with E-state index in [1.165, 1.54) is 12.1 Å². The highest BCUT2D eigenvalue weighted by Crippen LogP contribution is 2.26. The van der Waals surface area contributed by atoms with Gasteiger partial charge in [0.15, 0.2) is 0 Å². The van der Waals surface area contributed by atoms with E-state index in [4.69, 9.17) is 5.11 Å². The fraction of sp³-hybridized carbons (Fsp3) is 0.647. The predicted molar refractivity (Wildman–Crippen MR) is 84.9 cm³/mol. The molecule has 23 heavy (non-hydrogen) atoms. The highest BCUT2D eigenvalue weighted by Gasteiger charge is 2.33. The van der Waals surface area contributed by atoms with Crippen molar-refractivity contribution in [2.24, 2.45) is 11.8 Å². The number of aliphatic hydroxyl groups excluding tert-OH is 2. The first kappa shape index (κ1) is 18.3. The molecule has 1 aliphatic rings. The average molecular weight is 328 g/mol. The van der Waals surface area contributed by atoms with Crippen LogP contribution < -0.4 is 0 Å². The number of halogens is 2. The van der Waals surface area contributed by atoms with Gasteiger partial charge in [-0.25, -0.2) is 8.78 Å². The zero-order valence-electron chi connectivity index (χ0n) is 13.6. The highest BCUT2D eigenvalue weighted by molar-refractivity contribution is 5.18. The molecule has 130 valence electrons. The monoisotopic (exact) mass is 328 g/mol. The Kier molecular flexibility index (Phi) is 6.89. The van der Waals surface area contributed by atoms with Gasteiger partial charge in [0.1, 0.15) is 11.6 Å². The first-order chi connectivity index (χ1) is 11.1. The number of nitrogens with zero attached hydrogens (tertiary/aromatic N) is 2. The molecule has 0 aliphatic carbocycles. The summed E-state index contributed by atoms with van der Waals surface area (Å²) in [5, 5.41) is 18.7. The molecular weight excluding hydrogens is 302 g/mol. The summed E-state index contributed by atoms with van der Waals surface area (Å²) in [6.07, 6.45) is 0. The van der Waals surface area contributed by atoms with Gasteiger partial charge in [0.25, 0.3) is 0 Å². The van der Waals surface area contributed by atoms with Crippen LogP contribution >= 0.6 is 0 Å². The van der Waals surface area contributed by atoms with E-state index >= 15 is 0 Å². The summed E-state index contributed by atoms with van der Waals surface area (Å²) in [6.45, 7) is 6.44. The van der Waals surface area contributed by atoms with Gasteiger partial charge in [-0.05, 0) is 24.4 Å². The van der Waals surface area contributed by atoms with Crippen LogP contribution in [0.5, 0.6) is 0 Å². The van der Waals surface area contributed by atoms with Gasteiger partial charge in [0, 0.05) is 51.0 Å². The lowest BCUT2D eigenvalue weighted by atomic mass is 9.96. The zero-order valence-corrected chi connectivity index (χ0v) is 13.6. The van der Waals surface area contributed by atoms with Crippen LogP contribution in [0.15, 0.2) is 18.2 Å². The Labute approximate surface area is 136 Å². The van der Waals surface area contributed by atoms with E-state index < -0.39 is 11.6 Å². The van der Waals surface area contributed by atoms with E-state index in [0.29, 0.717) is 25.2 Å². The van der Waals surface area contributed by atoms with Gasteiger partial charge in [-0.3, -0.25) is 4.90 Å². The Bertz CT molecular complexity index is 501. The lowest BCUT2D eigenvalue weighted by molar-refractivity contribution is 0.147. The maximum Gasteiger partial charge on any atom is 0.130 e. The minimum Gasteiger partial charge on any atom is -0.396 e. The van der Waals surface area contributed by atoms with Crippen molar-refractivity contribution in [2.75, 3.05) is 45.9 Å². The maximum absolute atomic E-state index is 13.8. The van der Waals surface area contributed by atoms with E-state index in [1.54, 1.807) is 0 Å². The molecule has 1 aliphatic heterocycles. The summed E-state index contributed by atoms with van der Waals surface area (Å²) in [4.78, 5) is 4.27. The van der Waals surface area contributed by atoms with Crippen molar-refractivity contribution in [2.45, 2.75) is 13.5 Å². The molecular formula is C17H26F2N2O2. The van der Waals surface area contributed by atoms with Gasteiger partial charge < -0.3 is 15.1 Å². The second-order valence-corrected chi connectivity index (χ2v) is 6.25. The molecule has 0 spiro atoms. The number of hydrogen-bond acceptors (Lipinski definition) is 4. The highest BCUT2D eigenvalue weighted by atomic mass is 19.1. The van der Waals surface area contributed by atoms with Gasteiger partial charge in [-0.1, -0.05) is 13.0 Å². The molecule has 2 atom stereocenters. The van der Waals surface area contributed by atoms with E-state index in [2.05, 4.69) is 9.80 Å². The minimum atomic E-state index is -0.568. The van der Waals surface area contributed by atoms with Crippen molar-refractivity contribution in [1.29, 1.82) is 0 Å². The molecule has 2 N–H and O–H groups in total. The van der Waals surface area contributed by atoms with Gasteiger partial charge >= 0.3 is 0 Å². The van der Waals surface area contributed by atoms with Crippen molar-refractivity contribution >= 4 is 0 Å². The van der Waals surface area contributed by atoms with Crippen LogP contribution in [0.25, 0.3) is 0 Å². The SMILES string of the molecule is CCN(CCO)C[C@@H]1CN(Cc2ccc(F)cc2F)C[C@@H]1CO. The molecule has 1 aromatic rings. The number of likely N-dealkylation sites (tertiary alicyclic amines) is 1. The van der Waals surface area contributed by atoms with Crippen molar-refractivity contribution in [3.63, 3.8) is 0 Å². The number of aliphatic hydroxyl groups is 2. The standard InChI is InChI=1S/C17H26F2N2O2/c1-2-20(5-6-22)9-14-10-21(11-15(14)12-23)8-13-3-4-16(18)7-17(13)19/h3-4,7,14-15,22-23H,2,5-6,8-12H2,1H3/t14-,15-/m1/s1. The third kappa shape index (κ3) is 4.94. The molecule has 0 amide bonds. The van der Waals surface area contributed by atoms with Crippen LogP contribution in [-0.4, -0.2) is 66.0 Å². The summed E-state index contributed by atoms with van der Waals surface area (Å²) in [5.74, 6) is -0.660. The van der Waals surface area contributed by atoms with Crippen LogP contribution in [0.2, 0.25) is 0 Å². The van der Waals surface area contributed by atoms with E-state index in [9.17, 15) is 13.9 Å². The van der Waals surface area contributed by atoms with Crippen LogP contribution in [0.4, 0.5) is 8.78 Å². The molecule has 2 rings (SSSR count). The fourth-order valence-electron chi connectivity index (χ4n) is 3.32. The molecule has 1 fully saturated rings. The van der Waals surface area contributed by atoms with E-state index in [1.807, 2.05) is 6.92 Å². The lowest BCUT2D eigenvalue weighted by Gasteiger charge is -2.25. The number of rotatable bonds is 8. The topological polar surface area (TPSA) is 46.9 Å². The summed E-state index contributed by atoms with van der Waals surface area (Å²) >= 11 is 0. The van der Waals surface area contributed by atoms with Crippen molar-refractivity contribution in [3.05, 3.63) is 35.4 Å². The van der Waals surface area contributed by atoms with Gasteiger partial charge in [-0.15, -0.1) is 0 Å². The first-order valence-electron chi connectivity index (χ1n) is 8.17. The molecule has 0 radical (unpaired) electrons. The summed E-state index contributed by atoms with van der Waals surface area (Å²) in [5.41, 5.74) is 0.478. The summed E-state index contributed by atoms with van der Waals surface area (Å²) in [7, 11) is 0. The van der Waals surface area contributed by atoms with Crippen LogP contribution in [0.3, 0.4) is 0 Å². The largest absolute Gasteiger partial charge is 0.396 e. The van der Waals surface area contributed by atoms with Crippen molar-refractivity contribution in [3.8, 4) is 0 Å². The summed E-state index contributed by atoms with van der Waals surface area (Å²) in [6, 6.07) is 3.66. The molecule has 1 heterocycles. The van der Waals surface area contributed by atoms with E-state index in [-0.39, 0.29) is 25.0 Å². The smallest absolute Gasteiger partial charge is 0.130 e. The number of hydrogen-bond donors (Lipinski definition) is 2. The molecule has 6 heteroatoms. The third-order valence-corrected chi connectivity index (χ3v) is 4.65. The average Bonchev–Trinajstić information content (AvgIpc) is 2.91.